The van der Waals surface area contributed by atoms with Gasteiger partial charge >= 0.3 is 0 Å². The van der Waals surface area contributed by atoms with Crippen LogP contribution < -0.4 is 21.5 Å². The number of hydrogen-bond acceptors (Lipinski definition) is 10. The molecule has 2 aromatic heterocycles. The van der Waals surface area contributed by atoms with Crippen LogP contribution in [0, 0.1) is 0 Å². The van der Waals surface area contributed by atoms with Crippen LogP contribution >= 0.6 is 23.4 Å². The van der Waals surface area contributed by atoms with Crippen LogP contribution in [0.2, 0.25) is 5.15 Å². The number of thioether (sulfide) groups is 1. The van der Waals surface area contributed by atoms with Crippen molar-refractivity contribution in [2.24, 2.45) is 0 Å². The van der Waals surface area contributed by atoms with Gasteiger partial charge in [0, 0.05) is 11.8 Å². The SMILES string of the molecule is Nc1cc(N)nc(SCC(=O)Nc2ccc(S(=O)(=O)Nc3ccc(Cl)nn3)cc2)n1. The number of carbonyl (C=O) groups excluding carboxylic acids is 1. The van der Waals surface area contributed by atoms with Gasteiger partial charge in [-0.1, -0.05) is 23.4 Å². The van der Waals surface area contributed by atoms with Gasteiger partial charge < -0.3 is 16.8 Å². The Balaban J connectivity index is 1.59. The predicted molar refractivity (Wildman–Crippen MR) is 115 cm³/mol. The van der Waals surface area contributed by atoms with Crippen LogP contribution in [-0.4, -0.2) is 40.2 Å². The van der Waals surface area contributed by atoms with Gasteiger partial charge in [-0.25, -0.2) is 18.4 Å². The van der Waals surface area contributed by atoms with E-state index in [1.165, 1.54) is 42.5 Å². The van der Waals surface area contributed by atoms with Crippen LogP contribution in [0.1, 0.15) is 0 Å². The van der Waals surface area contributed by atoms with E-state index in [1.54, 1.807) is 0 Å². The first-order chi connectivity index (χ1) is 14.2. The first-order valence-corrected chi connectivity index (χ1v) is 11.0. The summed E-state index contributed by atoms with van der Waals surface area (Å²) in [5.74, 6) is 0.119. The van der Waals surface area contributed by atoms with E-state index in [4.69, 9.17) is 23.1 Å². The Morgan fingerprint density at radius 1 is 1.03 bits per heavy atom. The third-order valence-electron chi connectivity index (χ3n) is 3.40. The number of nitrogens with zero attached hydrogens (tertiary/aromatic N) is 4. The highest BCUT2D eigenvalue weighted by Gasteiger charge is 2.15. The molecule has 1 amide bonds. The molecular formula is C16H15ClN8O3S2. The molecule has 30 heavy (non-hydrogen) atoms. The van der Waals surface area contributed by atoms with E-state index >= 15 is 0 Å². The van der Waals surface area contributed by atoms with Gasteiger partial charge in [-0.2, -0.15) is 0 Å². The van der Waals surface area contributed by atoms with Gasteiger partial charge in [0.1, 0.15) is 11.6 Å². The van der Waals surface area contributed by atoms with Crippen molar-refractivity contribution < 1.29 is 13.2 Å². The lowest BCUT2D eigenvalue weighted by Gasteiger charge is -2.09. The number of anilines is 4. The average Bonchev–Trinajstić information content (AvgIpc) is 2.68. The number of amides is 1. The van der Waals surface area contributed by atoms with E-state index in [9.17, 15) is 13.2 Å². The summed E-state index contributed by atoms with van der Waals surface area (Å²) in [5.41, 5.74) is 11.6. The predicted octanol–water partition coefficient (Wildman–Crippen LogP) is 1.62. The summed E-state index contributed by atoms with van der Waals surface area (Å²) in [7, 11) is -3.88. The zero-order valence-electron chi connectivity index (χ0n) is 15.1. The number of nitrogens with one attached hydrogen (secondary N) is 2. The molecule has 0 unspecified atom stereocenters. The highest BCUT2D eigenvalue weighted by atomic mass is 35.5. The van der Waals surface area contributed by atoms with Crippen LogP contribution in [-0.2, 0) is 14.8 Å². The van der Waals surface area contributed by atoms with Gasteiger partial charge in [0.25, 0.3) is 10.0 Å². The fraction of sp³-hybridized carbons (Fsp3) is 0.0625. The highest BCUT2D eigenvalue weighted by Crippen LogP contribution is 2.19. The van der Waals surface area contributed by atoms with Gasteiger partial charge in [-0.15, -0.1) is 10.2 Å². The number of hydrogen-bond donors (Lipinski definition) is 4. The maximum atomic E-state index is 12.4. The maximum absolute atomic E-state index is 12.4. The summed E-state index contributed by atoms with van der Waals surface area (Å²) >= 11 is 6.69. The van der Waals surface area contributed by atoms with Crippen molar-refractivity contribution in [3.63, 3.8) is 0 Å². The van der Waals surface area contributed by atoms with Crippen molar-refractivity contribution in [3.05, 3.63) is 47.6 Å². The third-order valence-corrected chi connectivity index (χ3v) is 5.82. The summed E-state index contributed by atoms with van der Waals surface area (Å²) in [6.07, 6.45) is 0. The number of aromatic nitrogens is 4. The summed E-state index contributed by atoms with van der Waals surface area (Å²) in [5, 5.41) is 10.3. The molecule has 14 heteroatoms. The second-order valence-corrected chi connectivity index (χ2v) is 8.72. The van der Waals surface area contributed by atoms with E-state index in [2.05, 4.69) is 30.2 Å². The zero-order chi connectivity index (χ0) is 21.7. The average molecular weight is 467 g/mol. The summed E-state index contributed by atoms with van der Waals surface area (Å²) in [6, 6.07) is 9.81. The molecule has 0 aliphatic carbocycles. The lowest BCUT2D eigenvalue weighted by atomic mass is 10.3. The second-order valence-electron chi connectivity index (χ2n) is 5.71. The largest absolute Gasteiger partial charge is 0.383 e. The molecule has 0 atom stereocenters. The minimum atomic E-state index is -3.88. The molecule has 0 bridgehead atoms. The molecule has 0 spiro atoms. The molecule has 156 valence electrons. The maximum Gasteiger partial charge on any atom is 0.263 e. The van der Waals surface area contributed by atoms with Crippen molar-refractivity contribution >= 4 is 62.4 Å². The Morgan fingerprint density at radius 3 is 2.30 bits per heavy atom. The molecule has 3 aromatic rings. The van der Waals surface area contributed by atoms with E-state index in [1.807, 2.05) is 0 Å². The van der Waals surface area contributed by atoms with Crippen molar-refractivity contribution in [1.82, 2.24) is 20.2 Å². The number of sulfonamides is 1. The van der Waals surface area contributed by atoms with Crippen LogP contribution in [0.15, 0.2) is 52.5 Å². The molecule has 6 N–H and O–H groups in total. The smallest absolute Gasteiger partial charge is 0.263 e. The van der Waals surface area contributed by atoms with Gasteiger partial charge in [0.15, 0.2) is 16.1 Å². The van der Waals surface area contributed by atoms with E-state index in [0.29, 0.717) is 5.69 Å². The van der Waals surface area contributed by atoms with Crippen LogP contribution in [0.5, 0.6) is 0 Å². The van der Waals surface area contributed by atoms with Crippen molar-refractivity contribution in [3.8, 4) is 0 Å². The molecule has 3 rings (SSSR count). The number of benzene rings is 1. The third kappa shape index (κ3) is 5.92. The monoisotopic (exact) mass is 466 g/mol. The van der Waals surface area contributed by atoms with E-state index in [-0.39, 0.29) is 44.3 Å². The van der Waals surface area contributed by atoms with Crippen molar-refractivity contribution in [2.75, 3.05) is 27.3 Å². The lowest BCUT2D eigenvalue weighted by molar-refractivity contribution is -0.113. The van der Waals surface area contributed by atoms with E-state index in [0.717, 1.165) is 11.8 Å². The second kappa shape index (κ2) is 9.11. The highest BCUT2D eigenvalue weighted by molar-refractivity contribution is 7.99. The molecule has 0 aliphatic rings. The molecule has 0 fully saturated rings. The zero-order valence-corrected chi connectivity index (χ0v) is 17.5. The van der Waals surface area contributed by atoms with Gasteiger partial charge in [-0.05, 0) is 36.4 Å². The lowest BCUT2D eigenvalue weighted by Crippen LogP contribution is -2.16. The van der Waals surface area contributed by atoms with Gasteiger partial charge in [0.05, 0.1) is 10.6 Å². The minimum Gasteiger partial charge on any atom is -0.383 e. The molecule has 0 aliphatic heterocycles. The number of carbonyl (C=O) groups is 1. The molecule has 0 radical (unpaired) electrons. The fourth-order valence-corrected chi connectivity index (χ4v) is 3.91. The number of nitrogen functional groups attached to an aromatic ring is 2. The molecule has 0 saturated carbocycles. The molecular weight excluding hydrogens is 452 g/mol. The Morgan fingerprint density at radius 2 is 1.70 bits per heavy atom. The molecule has 1 aromatic carbocycles. The Kier molecular flexibility index (Phi) is 6.54. The van der Waals surface area contributed by atoms with Gasteiger partial charge in [-0.3, -0.25) is 9.52 Å². The van der Waals surface area contributed by atoms with Gasteiger partial charge in [0.2, 0.25) is 5.91 Å². The number of halogens is 1. The molecule has 2 heterocycles. The van der Waals surface area contributed by atoms with Crippen LogP contribution in [0.3, 0.4) is 0 Å². The summed E-state index contributed by atoms with van der Waals surface area (Å²) < 4.78 is 27.1. The van der Waals surface area contributed by atoms with Crippen LogP contribution in [0.25, 0.3) is 0 Å². The topological polar surface area (TPSA) is 179 Å². The number of rotatable bonds is 7. The fourth-order valence-electron chi connectivity index (χ4n) is 2.14. The van der Waals surface area contributed by atoms with Crippen LogP contribution in [0.4, 0.5) is 23.1 Å². The Labute approximate surface area is 180 Å². The number of nitrogens with two attached hydrogens (primary N) is 2. The van der Waals surface area contributed by atoms with Crippen molar-refractivity contribution in [2.45, 2.75) is 10.1 Å². The normalized spacial score (nSPS) is 11.1. The van der Waals surface area contributed by atoms with E-state index < -0.39 is 10.0 Å². The standard InChI is InChI=1S/C16H15ClN8O3S2/c17-11-5-6-14(24-23-11)25-30(27,28)10-3-1-9(2-4-10)20-15(26)8-29-16-21-12(18)7-13(19)22-16/h1-7H,8H2,(H,20,26)(H,24,25)(H4,18,19,21,22). The first kappa shape index (κ1) is 21.5. The first-order valence-electron chi connectivity index (χ1n) is 8.16. The Bertz CT molecular complexity index is 1140. The quantitative estimate of drug-likeness (QED) is 0.295. The Hall–Kier alpha value is -3.16. The van der Waals surface area contributed by atoms with Crippen molar-refractivity contribution in [1.29, 1.82) is 0 Å². The molecule has 11 nitrogen and oxygen atoms in total. The summed E-state index contributed by atoms with van der Waals surface area (Å²) in [6.45, 7) is 0. The molecule has 0 saturated heterocycles. The summed E-state index contributed by atoms with van der Waals surface area (Å²) in [4.78, 5) is 20.0. The minimum absolute atomic E-state index is 0.0136.